The zero-order valence-electron chi connectivity index (χ0n) is 27.5. The number of aryl methyl sites for hydroxylation is 3. The summed E-state index contributed by atoms with van der Waals surface area (Å²) < 4.78 is 49.1. The van der Waals surface area contributed by atoms with Crippen LogP contribution < -0.4 is 10.6 Å². The monoisotopic (exact) mass is 660 g/mol. The number of likely N-dealkylation sites (N-methyl/N-ethyl adjacent to an activating group) is 1. The molecule has 0 radical (unpaired) electrons. The number of alkyl halides is 3. The molecule has 1 saturated heterocycles. The number of piperazine rings is 1. The van der Waals surface area contributed by atoms with Gasteiger partial charge in [-0.2, -0.15) is 18.3 Å². The van der Waals surface area contributed by atoms with Gasteiger partial charge in [0.1, 0.15) is 0 Å². The molecule has 0 bridgehead atoms. The highest BCUT2D eigenvalue weighted by Crippen LogP contribution is 2.35. The summed E-state index contributed by atoms with van der Waals surface area (Å²) in [7, 11) is 3.67. The summed E-state index contributed by atoms with van der Waals surface area (Å²) >= 11 is 0. The summed E-state index contributed by atoms with van der Waals surface area (Å²) in [6, 6.07) is 8.96. The topological polar surface area (TPSA) is 100 Å². The molecular weight excluding hydrogens is 621 g/mol. The summed E-state index contributed by atoms with van der Waals surface area (Å²) in [5.74, 6) is 5.95. The Morgan fingerprint density at radius 1 is 1.02 bits per heavy atom. The molecule has 5 rings (SSSR count). The first-order chi connectivity index (χ1) is 23.0. The lowest BCUT2D eigenvalue weighted by molar-refractivity contribution is -0.138. The molecule has 1 aliphatic heterocycles. The fourth-order valence-electron chi connectivity index (χ4n) is 5.25. The Labute approximate surface area is 278 Å². The molecule has 1 amide bonds. The third kappa shape index (κ3) is 9.19. The van der Waals surface area contributed by atoms with Gasteiger partial charge in [-0.25, -0.2) is 9.97 Å². The third-order valence-corrected chi connectivity index (χ3v) is 8.08. The quantitative estimate of drug-likeness (QED) is 0.170. The number of methoxy groups -OCH3 is 1. The van der Waals surface area contributed by atoms with Crippen molar-refractivity contribution in [3.05, 3.63) is 94.1 Å². The van der Waals surface area contributed by atoms with E-state index in [1.807, 2.05) is 36.7 Å². The maximum absolute atomic E-state index is 14.0. The largest absolute Gasteiger partial charge is 0.416 e. The molecule has 0 spiro atoms. The maximum Gasteiger partial charge on any atom is 0.416 e. The molecule has 10 nitrogen and oxygen atoms in total. The Kier molecular flexibility index (Phi) is 11.1. The fraction of sp³-hybridized carbons (Fsp3) is 0.371. The van der Waals surface area contributed by atoms with Gasteiger partial charge in [0.05, 0.1) is 22.5 Å². The highest BCUT2D eigenvalue weighted by atomic mass is 19.4. The average Bonchev–Trinajstić information content (AvgIpc) is 3.40. The molecule has 2 N–H and O–H groups in total. The number of benzene rings is 2. The van der Waals surface area contributed by atoms with Gasteiger partial charge in [-0.15, -0.1) is 0 Å². The van der Waals surface area contributed by atoms with Crippen molar-refractivity contribution in [1.82, 2.24) is 29.5 Å². The second-order valence-electron chi connectivity index (χ2n) is 11.8. The van der Waals surface area contributed by atoms with E-state index >= 15 is 0 Å². The highest BCUT2D eigenvalue weighted by molar-refractivity contribution is 6.04. The van der Waals surface area contributed by atoms with Gasteiger partial charge in [0, 0.05) is 88.4 Å². The van der Waals surface area contributed by atoms with Crippen LogP contribution in [-0.2, 0) is 24.0 Å². The lowest BCUT2D eigenvalue weighted by Crippen LogP contribution is -2.44. The maximum atomic E-state index is 14.0. The second-order valence-corrected chi connectivity index (χ2v) is 11.8. The molecule has 0 aliphatic carbocycles. The van der Waals surface area contributed by atoms with Gasteiger partial charge in [0.25, 0.3) is 5.91 Å². The molecule has 13 heteroatoms. The highest BCUT2D eigenvalue weighted by Gasteiger charge is 2.34. The summed E-state index contributed by atoms with van der Waals surface area (Å²) in [5, 5.41) is 10.3. The number of hydrogen-bond acceptors (Lipinski definition) is 8. The van der Waals surface area contributed by atoms with E-state index in [-0.39, 0.29) is 23.4 Å². The predicted molar refractivity (Wildman–Crippen MR) is 178 cm³/mol. The van der Waals surface area contributed by atoms with Gasteiger partial charge >= 0.3 is 6.18 Å². The minimum atomic E-state index is -4.56. The molecule has 3 heterocycles. The molecule has 0 saturated carbocycles. The lowest BCUT2D eigenvalue weighted by atomic mass is 10.0. The predicted octanol–water partition coefficient (Wildman–Crippen LogP) is 5.49. The SMILES string of the molecule is COCCCn1cc(Nc2ncc(C#Cc3cc(C(=O)Nc4ccc(CN5CCN(C)CC5)c(C(F)(F)F)c4)ccc3C)cn2)c(C)n1. The van der Waals surface area contributed by atoms with E-state index in [2.05, 4.69) is 42.4 Å². The summed E-state index contributed by atoms with van der Waals surface area (Å²) in [5.41, 5.74) is 3.40. The number of carbonyl (C=O) groups is 1. The van der Waals surface area contributed by atoms with E-state index in [4.69, 9.17) is 4.74 Å². The molecule has 252 valence electrons. The minimum Gasteiger partial charge on any atom is -0.385 e. The fourth-order valence-corrected chi connectivity index (χ4v) is 5.25. The standard InChI is InChI=1S/C35H39F3N8O2/c1-24-6-8-28(33(47)41-30-11-10-29(31(19-30)35(36,37)38)22-45-15-13-44(3)14-16-45)18-27(24)9-7-26-20-39-34(40-21-26)42-32-23-46(43-25(32)2)12-5-17-48-4/h6,8,10-11,18-21,23H,5,12-17,22H2,1-4H3,(H,41,47)(H,39,40,42). The van der Waals surface area contributed by atoms with Crippen molar-refractivity contribution in [2.75, 3.05) is 57.6 Å². The van der Waals surface area contributed by atoms with Gasteiger partial charge in [-0.05, 0) is 62.7 Å². The Morgan fingerprint density at radius 2 is 1.77 bits per heavy atom. The molecule has 0 atom stereocenters. The van der Waals surface area contributed by atoms with Gasteiger partial charge in [0.2, 0.25) is 5.95 Å². The minimum absolute atomic E-state index is 0.0714. The van der Waals surface area contributed by atoms with Crippen LogP contribution in [0.15, 0.2) is 55.0 Å². The number of hydrogen-bond donors (Lipinski definition) is 2. The number of carbonyl (C=O) groups excluding carboxylic acids is 1. The molecule has 2 aromatic heterocycles. The number of nitrogens with one attached hydrogen (secondary N) is 2. The number of amides is 1. The Morgan fingerprint density at radius 3 is 2.48 bits per heavy atom. The van der Waals surface area contributed by atoms with Crippen molar-refractivity contribution in [2.45, 2.75) is 39.5 Å². The second kappa shape index (κ2) is 15.4. The Balaban J connectivity index is 1.24. The molecule has 1 fully saturated rings. The molecular formula is C35H39F3N8O2. The van der Waals surface area contributed by atoms with Gasteiger partial charge in [0.15, 0.2) is 0 Å². The number of halogens is 3. The average molecular weight is 661 g/mol. The van der Waals surface area contributed by atoms with Crippen molar-refractivity contribution in [3.63, 3.8) is 0 Å². The van der Waals surface area contributed by atoms with E-state index in [0.29, 0.717) is 36.8 Å². The van der Waals surface area contributed by atoms with Gasteiger partial charge in [-0.1, -0.05) is 24.0 Å². The van der Waals surface area contributed by atoms with Crippen LogP contribution in [0.5, 0.6) is 0 Å². The Bertz CT molecular complexity index is 1790. The van der Waals surface area contributed by atoms with E-state index in [1.165, 1.54) is 12.1 Å². The number of aromatic nitrogens is 4. The molecule has 2 aromatic carbocycles. The van der Waals surface area contributed by atoms with Gasteiger partial charge in [-0.3, -0.25) is 14.4 Å². The first kappa shape index (κ1) is 34.6. The number of rotatable bonds is 10. The first-order valence-corrected chi connectivity index (χ1v) is 15.7. The van der Waals surface area contributed by atoms with Crippen molar-refractivity contribution >= 4 is 23.2 Å². The van der Waals surface area contributed by atoms with E-state index in [0.717, 1.165) is 49.1 Å². The van der Waals surface area contributed by atoms with Crippen LogP contribution in [0.25, 0.3) is 0 Å². The summed E-state index contributed by atoms with van der Waals surface area (Å²) in [4.78, 5) is 26.0. The zero-order valence-corrected chi connectivity index (χ0v) is 27.5. The van der Waals surface area contributed by atoms with Crippen LogP contribution in [0.4, 0.5) is 30.5 Å². The van der Waals surface area contributed by atoms with Gasteiger partial charge < -0.3 is 20.3 Å². The van der Waals surface area contributed by atoms with Crippen LogP contribution in [0, 0.1) is 25.7 Å². The van der Waals surface area contributed by atoms with E-state index < -0.39 is 17.6 Å². The number of ether oxygens (including phenoxy) is 1. The van der Waals surface area contributed by atoms with Crippen molar-refractivity contribution < 1.29 is 22.7 Å². The number of anilines is 3. The van der Waals surface area contributed by atoms with Crippen LogP contribution >= 0.6 is 0 Å². The van der Waals surface area contributed by atoms with E-state index in [1.54, 1.807) is 37.7 Å². The van der Waals surface area contributed by atoms with Crippen LogP contribution in [0.2, 0.25) is 0 Å². The normalized spacial score (nSPS) is 14.0. The molecule has 48 heavy (non-hydrogen) atoms. The summed E-state index contributed by atoms with van der Waals surface area (Å²) in [6.45, 7) is 8.36. The Hall–Kier alpha value is -4.77. The third-order valence-electron chi connectivity index (χ3n) is 8.08. The van der Waals surface area contributed by atoms with Crippen molar-refractivity contribution in [1.29, 1.82) is 0 Å². The van der Waals surface area contributed by atoms with Crippen molar-refractivity contribution in [3.8, 4) is 11.8 Å². The summed E-state index contributed by atoms with van der Waals surface area (Å²) in [6.07, 6.45) is 1.38. The van der Waals surface area contributed by atoms with Crippen LogP contribution in [-0.4, -0.2) is 82.4 Å². The first-order valence-electron chi connectivity index (χ1n) is 15.7. The van der Waals surface area contributed by atoms with Crippen LogP contribution in [0.1, 0.15) is 50.3 Å². The zero-order chi connectivity index (χ0) is 34.3. The van der Waals surface area contributed by atoms with E-state index in [9.17, 15) is 18.0 Å². The lowest BCUT2D eigenvalue weighted by Gasteiger charge is -2.33. The molecule has 4 aromatic rings. The van der Waals surface area contributed by atoms with Crippen LogP contribution in [0.3, 0.4) is 0 Å². The van der Waals surface area contributed by atoms with Crippen molar-refractivity contribution in [2.24, 2.45) is 0 Å². The smallest absolute Gasteiger partial charge is 0.385 e. The molecule has 1 aliphatic rings. The molecule has 0 unspecified atom stereocenters. The number of nitrogens with zero attached hydrogens (tertiary/aromatic N) is 6.